The van der Waals surface area contributed by atoms with E-state index in [1.165, 1.54) is 141 Å². The number of piperidine rings is 1. The van der Waals surface area contributed by atoms with E-state index < -0.39 is 0 Å². The van der Waals surface area contributed by atoms with Gasteiger partial charge >= 0.3 is 11.9 Å². The van der Waals surface area contributed by atoms with Crippen LogP contribution in [0.3, 0.4) is 0 Å². The topological polar surface area (TPSA) is 93.9 Å². The number of carbonyl (C=O) groups is 2. The molecule has 1 aliphatic heterocycles. The standard InChI is InChI=1S/C47H89N3O4/c1-3-5-7-9-11-13-15-17-19-21-23-25-27-29-31-33-45(51)53-43-41-50(40-37-47(48)35-38-49-39-36-47)42-44-54-46(52)34-32-30-28-26-24-22-20-18-16-14-12-10-8-6-4-2/h17-20,49H,3-16,21-44,48H2,1-2H3/b19-17-,20-18-. The minimum atomic E-state index is -0.162. The van der Waals surface area contributed by atoms with Crippen LogP contribution in [0.2, 0.25) is 0 Å². The molecule has 0 bridgehead atoms. The third-order valence-corrected chi connectivity index (χ3v) is 11.2. The van der Waals surface area contributed by atoms with Gasteiger partial charge in [-0.2, -0.15) is 0 Å². The molecule has 0 aromatic rings. The van der Waals surface area contributed by atoms with Crippen LogP contribution >= 0.6 is 0 Å². The highest BCUT2D eigenvalue weighted by Crippen LogP contribution is 2.20. The van der Waals surface area contributed by atoms with Gasteiger partial charge in [-0.15, -0.1) is 0 Å². The molecule has 0 aromatic heterocycles. The molecule has 1 heterocycles. The first kappa shape index (κ1) is 50.3. The first-order valence-corrected chi connectivity index (χ1v) is 23.3. The molecule has 0 unspecified atom stereocenters. The maximum atomic E-state index is 12.5. The number of nitrogens with two attached hydrogens (primary N) is 1. The van der Waals surface area contributed by atoms with E-state index in [1.807, 2.05) is 0 Å². The van der Waals surface area contributed by atoms with Gasteiger partial charge in [-0.1, -0.05) is 141 Å². The molecule has 0 atom stereocenters. The molecule has 0 aromatic carbocycles. The number of nitrogens with zero attached hydrogens (tertiary/aromatic N) is 1. The zero-order valence-corrected chi connectivity index (χ0v) is 35.8. The summed E-state index contributed by atoms with van der Waals surface area (Å²) in [6.45, 7) is 9.27. The summed E-state index contributed by atoms with van der Waals surface area (Å²) in [5, 5.41) is 3.40. The fraction of sp³-hybridized carbons (Fsp3) is 0.872. The molecular weight excluding hydrogens is 671 g/mol. The maximum Gasteiger partial charge on any atom is 0.305 e. The molecule has 7 heteroatoms. The van der Waals surface area contributed by atoms with Crippen LogP contribution in [0.4, 0.5) is 0 Å². The van der Waals surface area contributed by atoms with Crippen LogP contribution in [0.25, 0.3) is 0 Å². The van der Waals surface area contributed by atoms with Crippen LogP contribution in [0.5, 0.6) is 0 Å². The number of esters is 2. The zero-order chi connectivity index (χ0) is 39.1. The van der Waals surface area contributed by atoms with Crippen molar-refractivity contribution in [1.82, 2.24) is 10.2 Å². The molecular formula is C47H89N3O4. The molecule has 1 rings (SSSR count). The van der Waals surface area contributed by atoms with Crippen LogP contribution in [-0.4, -0.2) is 68.3 Å². The molecule has 54 heavy (non-hydrogen) atoms. The average Bonchev–Trinajstić information content (AvgIpc) is 3.17. The van der Waals surface area contributed by atoms with Gasteiger partial charge in [0.05, 0.1) is 0 Å². The molecule has 0 amide bonds. The SMILES string of the molecule is CCCCCCCC/C=C\CCCCCCCC(=O)OCCN(CCOC(=O)CCCCCCC/C=C\CCCCCCCC)CCC1(N)CCNCC1. The van der Waals surface area contributed by atoms with Crippen molar-refractivity contribution in [3.8, 4) is 0 Å². The molecule has 7 nitrogen and oxygen atoms in total. The first-order valence-electron chi connectivity index (χ1n) is 23.3. The Labute approximate surface area is 334 Å². The van der Waals surface area contributed by atoms with E-state index in [1.54, 1.807) is 0 Å². The summed E-state index contributed by atoms with van der Waals surface area (Å²) in [7, 11) is 0. The summed E-state index contributed by atoms with van der Waals surface area (Å²) in [6.07, 6.45) is 45.6. The van der Waals surface area contributed by atoms with E-state index in [0.29, 0.717) is 39.1 Å². The minimum Gasteiger partial charge on any atom is -0.464 e. The summed E-state index contributed by atoms with van der Waals surface area (Å²) in [4.78, 5) is 27.2. The molecule has 0 saturated carbocycles. The Morgan fingerprint density at radius 2 is 0.889 bits per heavy atom. The lowest BCUT2D eigenvalue weighted by Crippen LogP contribution is -2.51. The molecule has 0 aliphatic carbocycles. The molecule has 1 aliphatic rings. The van der Waals surface area contributed by atoms with Gasteiger partial charge in [0.2, 0.25) is 0 Å². The van der Waals surface area contributed by atoms with Gasteiger partial charge in [0.1, 0.15) is 13.2 Å². The third kappa shape index (κ3) is 33.6. The Balaban J connectivity index is 2.15. The van der Waals surface area contributed by atoms with Crippen LogP contribution < -0.4 is 11.1 Å². The lowest BCUT2D eigenvalue weighted by atomic mass is 9.86. The summed E-state index contributed by atoms with van der Waals surface area (Å²) >= 11 is 0. The fourth-order valence-corrected chi connectivity index (χ4v) is 7.29. The van der Waals surface area contributed by atoms with Gasteiger partial charge in [-0.3, -0.25) is 14.5 Å². The van der Waals surface area contributed by atoms with Crippen molar-refractivity contribution in [1.29, 1.82) is 0 Å². The summed E-state index contributed by atoms with van der Waals surface area (Å²) in [5.41, 5.74) is 6.55. The number of rotatable bonds is 39. The summed E-state index contributed by atoms with van der Waals surface area (Å²) in [6, 6.07) is 0. The number of unbranched alkanes of at least 4 members (excludes halogenated alkanes) is 22. The molecule has 0 radical (unpaired) electrons. The van der Waals surface area contributed by atoms with Crippen LogP contribution in [-0.2, 0) is 19.1 Å². The Kier molecular flexibility index (Phi) is 35.6. The van der Waals surface area contributed by atoms with Gasteiger partial charge in [0, 0.05) is 38.0 Å². The van der Waals surface area contributed by atoms with Crippen LogP contribution in [0, 0.1) is 0 Å². The first-order chi connectivity index (χ1) is 26.5. The van der Waals surface area contributed by atoms with Crippen molar-refractivity contribution in [2.45, 2.75) is 218 Å². The van der Waals surface area contributed by atoms with Crippen LogP contribution in [0.15, 0.2) is 24.3 Å². The Bertz CT molecular complexity index is 843. The smallest absolute Gasteiger partial charge is 0.305 e. The molecule has 3 N–H and O–H groups in total. The van der Waals surface area contributed by atoms with Gasteiger partial charge in [0.25, 0.3) is 0 Å². The van der Waals surface area contributed by atoms with E-state index in [9.17, 15) is 9.59 Å². The summed E-state index contributed by atoms with van der Waals surface area (Å²) < 4.78 is 11.3. The van der Waals surface area contributed by atoms with E-state index in [0.717, 1.165) is 64.6 Å². The number of hydrogen-bond donors (Lipinski definition) is 2. The molecule has 1 fully saturated rings. The summed E-state index contributed by atoms with van der Waals surface area (Å²) in [5.74, 6) is -0.208. The van der Waals surface area contributed by atoms with Crippen LogP contribution in [0.1, 0.15) is 213 Å². The lowest BCUT2D eigenvalue weighted by Gasteiger charge is -2.35. The Morgan fingerprint density at radius 1 is 0.537 bits per heavy atom. The lowest BCUT2D eigenvalue weighted by molar-refractivity contribution is -0.144. The largest absolute Gasteiger partial charge is 0.464 e. The molecule has 0 spiro atoms. The van der Waals surface area contributed by atoms with Gasteiger partial charge in [-0.05, 0) is 96.6 Å². The molecule has 1 saturated heterocycles. The van der Waals surface area contributed by atoms with Gasteiger partial charge in [-0.25, -0.2) is 0 Å². The predicted octanol–water partition coefficient (Wildman–Crippen LogP) is 11.9. The van der Waals surface area contributed by atoms with Crippen molar-refractivity contribution in [3.05, 3.63) is 24.3 Å². The average molecular weight is 760 g/mol. The number of hydrogen-bond acceptors (Lipinski definition) is 7. The van der Waals surface area contributed by atoms with Gasteiger partial charge < -0.3 is 20.5 Å². The van der Waals surface area contributed by atoms with E-state index >= 15 is 0 Å². The maximum absolute atomic E-state index is 12.5. The molecule has 316 valence electrons. The third-order valence-electron chi connectivity index (χ3n) is 11.2. The van der Waals surface area contributed by atoms with Crippen molar-refractivity contribution < 1.29 is 19.1 Å². The van der Waals surface area contributed by atoms with Crippen molar-refractivity contribution in [2.24, 2.45) is 5.73 Å². The number of carbonyl (C=O) groups excluding carboxylic acids is 2. The Hall–Kier alpha value is -1.70. The normalized spacial score (nSPS) is 14.4. The van der Waals surface area contributed by atoms with E-state index in [4.69, 9.17) is 15.2 Å². The second-order valence-corrected chi connectivity index (χ2v) is 16.3. The Morgan fingerprint density at radius 3 is 1.28 bits per heavy atom. The zero-order valence-electron chi connectivity index (χ0n) is 35.8. The highest BCUT2D eigenvalue weighted by atomic mass is 16.5. The number of allylic oxidation sites excluding steroid dienone is 4. The fourth-order valence-electron chi connectivity index (χ4n) is 7.29. The minimum absolute atomic E-state index is 0.104. The van der Waals surface area contributed by atoms with Crippen molar-refractivity contribution >= 4 is 11.9 Å². The second kappa shape index (κ2) is 38.2. The monoisotopic (exact) mass is 760 g/mol. The van der Waals surface area contributed by atoms with Crippen molar-refractivity contribution in [3.63, 3.8) is 0 Å². The van der Waals surface area contributed by atoms with E-state index in [-0.39, 0.29) is 17.5 Å². The quantitative estimate of drug-likeness (QED) is 0.0366. The number of ether oxygens (including phenoxy) is 2. The number of nitrogens with one attached hydrogen (secondary N) is 1. The second-order valence-electron chi connectivity index (χ2n) is 16.3. The highest BCUT2D eigenvalue weighted by molar-refractivity contribution is 5.69. The predicted molar refractivity (Wildman–Crippen MR) is 231 cm³/mol. The van der Waals surface area contributed by atoms with E-state index in [2.05, 4.69) is 48.4 Å². The van der Waals surface area contributed by atoms with Crippen molar-refractivity contribution in [2.75, 3.05) is 45.9 Å². The highest BCUT2D eigenvalue weighted by Gasteiger charge is 2.27. The van der Waals surface area contributed by atoms with Gasteiger partial charge in [0.15, 0.2) is 0 Å².